The number of hydrogen-bond acceptors (Lipinski definition) is 3. The summed E-state index contributed by atoms with van der Waals surface area (Å²) in [6.45, 7) is 7.02. The van der Waals surface area contributed by atoms with Crippen LogP contribution in [-0.4, -0.2) is 30.9 Å². The van der Waals surface area contributed by atoms with Crippen LogP contribution in [0, 0.1) is 0 Å². The number of likely N-dealkylation sites (N-methyl/N-ethyl adjacent to an activating group) is 1. The van der Waals surface area contributed by atoms with Crippen molar-refractivity contribution in [3.05, 3.63) is 29.8 Å². The fourth-order valence-electron chi connectivity index (χ4n) is 1.76. The van der Waals surface area contributed by atoms with Crippen LogP contribution < -0.4 is 10.1 Å². The molecule has 1 aromatic rings. The minimum Gasteiger partial charge on any atom is -0.493 e. The van der Waals surface area contributed by atoms with Crippen LogP contribution in [0.1, 0.15) is 38.7 Å². The molecule has 3 heteroatoms. The Hall–Kier alpha value is -1.06. The minimum absolute atomic E-state index is 0.110. The molecule has 0 aliphatic rings. The topological polar surface area (TPSA) is 41.5 Å². The van der Waals surface area contributed by atoms with Crippen LogP contribution in [0.25, 0.3) is 0 Å². The van der Waals surface area contributed by atoms with Gasteiger partial charge in [0, 0.05) is 12.0 Å². The van der Waals surface area contributed by atoms with Gasteiger partial charge in [0.2, 0.25) is 0 Å². The largest absolute Gasteiger partial charge is 0.493 e. The van der Waals surface area contributed by atoms with E-state index in [2.05, 4.69) is 25.2 Å². The second-order valence-electron chi connectivity index (χ2n) is 5.26. The van der Waals surface area contributed by atoms with Gasteiger partial charge < -0.3 is 15.2 Å². The lowest BCUT2D eigenvalue weighted by Crippen LogP contribution is -2.44. The van der Waals surface area contributed by atoms with Gasteiger partial charge in [0.15, 0.2) is 0 Å². The Balaban J connectivity index is 2.59. The Morgan fingerprint density at radius 2 is 2.00 bits per heavy atom. The second kappa shape index (κ2) is 6.76. The van der Waals surface area contributed by atoms with E-state index in [9.17, 15) is 5.11 Å². The number of rotatable bonds is 7. The van der Waals surface area contributed by atoms with E-state index in [4.69, 9.17) is 4.74 Å². The van der Waals surface area contributed by atoms with Gasteiger partial charge in [-0.15, -0.1) is 0 Å². The monoisotopic (exact) mass is 251 g/mol. The van der Waals surface area contributed by atoms with Crippen molar-refractivity contribution in [1.82, 2.24) is 5.32 Å². The molecular weight excluding hydrogens is 226 g/mol. The summed E-state index contributed by atoms with van der Waals surface area (Å²) in [7, 11) is 1.86. The Bertz CT molecular complexity index is 359. The summed E-state index contributed by atoms with van der Waals surface area (Å²) in [6, 6.07) is 8.13. The Morgan fingerprint density at radius 3 is 2.56 bits per heavy atom. The van der Waals surface area contributed by atoms with Crippen molar-refractivity contribution < 1.29 is 9.84 Å². The lowest BCUT2D eigenvalue weighted by molar-refractivity contribution is 0.150. The fraction of sp³-hybridized carbons (Fsp3) is 0.600. The zero-order valence-electron chi connectivity index (χ0n) is 11.9. The maximum Gasteiger partial charge on any atom is 0.122 e. The van der Waals surface area contributed by atoms with Crippen molar-refractivity contribution in [3.63, 3.8) is 0 Å². The molecule has 3 nitrogen and oxygen atoms in total. The molecule has 0 amide bonds. The number of aliphatic hydroxyl groups is 1. The lowest BCUT2D eigenvalue weighted by atomic mass is 10.00. The second-order valence-corrected chi connectivity index (χ2v) is 5.26. The zero-order valence-corrected chi connectivity index (χ0v) is 11.9. The van der Waals surface area contributed by atoms with Gasteiger partial charge in [-0.05, 0) is 31.5 Å². The summed E-state index contributed by atoms with van der Waals surface area (Å²) in [5.74, 6) is 1.40. The normalized spacial score (nSPS) is 14.6. The first kappa shape index (κ1) is 15.0. The maximum absolute atomic E-state index is 9.31. The van der Waals surface area contributed by atoms with E-state index >= 15 is 0 Å². The van der Waals surface area contributed by atoms with Crippen LogP contribution in [0.4, 0.5) is 0 Å². The first-order valence-electron chi connectivity index (χ1n) is 6.54. The smallest absolute Gasteiger partial charge is 0.122 e. The van der Waals surface area contributed by atoms with Crippen molar-refractivity contribution in [2.75, 3.05) is 20.3 Å². The summed E-state index contributed by atoms with van der Waals surface area (Å²) in [6.07, 6.45) is 0.770. The summed E-state index contributed by atoms with van der Waals surface area (Å²) < 4.78 is 5.85. The van der Waals surface area contributed by atoms with Gasteiger partial charge >= 0.3 is 0 Å². The van der Waals surface area contributed by atoms with Crippen molar-refractivity contribution in [2.45, 2.75) is 38.6 Å². The number of hydrogen-bond donors (Lipinski definition) is 2. The van der Waals surface area contributed by atoms with Crippen LogP contribution in [0.15, 0.2) is 24.3 Å². The van der Waals surface area contributed by atoms with Gasteiger partial charge in [-0.1, -0.05) is 32.0 Å². The van der Waals surface area contributed by atoms with Gasteiger partial charge in [-0.3, -0.25) is 0 Å². The van der Waals surface area contributed by atoms with Gasteiger partial charge in [0.25, 0.3) is 0 Å². The molecule has 0 fully saturated rings. The molecule has 0 aliphatic carbocycles. The third-order valence-corrected chi connectivity index (χ3v) is 3.40. The highest BCUT2D eigenvalue weighted by Gasteiger charge is 2.20. The first-order chi connectivity index (χ1) is 8.52. The van der Waals surface area contributed by atoms with Crippen LogP contribution in [0.2, 0.25) is 0 Å². The van der Waals surface area contributed by atoms with E-state index in [0.29, 0.717) is 12.5 Å². The van der Waals surface area contributed by atoms with E-state index in [1.807, 2.05) is 32.2 Å². The SMILES string of the molecule is CNC(C)(CO)CCOc1ccccc1C(C)C. The van der Waals surface area contributed by atoms with E-state index in [1.165, 1.54) is 5.56 Å². The highest BCUT2D eigenvalue weighted by Crippen LogP contribution is 2.26. The molecule has 0 aromatic heterocycles. The number of aliphatic hydroxyl groups excluding tert-OH is 1. The molecule has 1 unspecified atom stereocenters. The molecule has 1 atom stereocenters. The van der Waals surface area contributed by atoms with E-state index in [0.717, 1.165) is 12.2 Å². The van der Waals surface area contributed by atoms with E-state index in [-0.39, 0.29) is 12.1 Å². The molecule has 0 bridgehead atoms. The molecule has 102 valence electrons. The zero-order chi connectivity index (χ0) is 13.6. The molecule has 2 N–H and O–H groups in total. The molecule has 0 spiro atoms. The van der Waals surface area contributed by atoms with E-state index < -0.39 is 0 Å². The number of para-hydroxylation sites is 1. The summed E-state index contributed by atoms with van der Waals surface area (Å²) in [5.41, 5.74) is 0.958. The maximum atomic E-state index is 9.31. The van der Waals surface area contributed by atoms with Crippen LogP contribution in [-0.2, 0) is 0 Å². The van der Waals surface area contributed by atoms with Crippen molar-refractivity contribution in [3.8, 4) is 5.75 Å². The van der Waals surface area contributed by atoms with Crippen LogP contribution in [0.5, 0.6) is 5.75 Å². The highest BCUT2D eigenvalue weighted by atomic mass is 16.5. The molecule has 0 saturated carbocycles. The Morgan fingerprint density at radius 1 is 1.33 bits per heavy atom. The summed E-state index contributed by atoms with van der Waals surface area (Å²) in [4.78, 5) is 0. The third-order valence-electron chi connectivity index (χ3n) is 3.40. The predicted octanol–water partition coefficient (Wildman–Crippen LogP) is 2.55. The standard InChI is InChI=1S/C15H25NO2/c1-12(2)13-7-5-6-8-14(13)18-10-9-15(3,11-17)16-4/h5-8,12,16-17H,9-11H2,1-4H3. The number of ether oxygens (including phenoxy) is 1. The summed E-state index contributed by atoms with van der Waals surface area (Å²) >= 11 is 0. The van der Waals surface area contributed by atoms with Gasteiger partial charge in [-0.25, -0.2) is 0 Å². The van der Waals surface area contributed by atoms with Crippen LogP contribution in [0.3, 0.4) is 0 Å². The first-order valence-corrected chi connectivity index (χ1v) is 6.54. The Labute approximate surface area is 110 Å². The molecule has 0 radical (unpaired) electrons. The van der Waals surface area contributed by atoms with Gasteiger partial charge in [0.05, 0.1) is 13.2 Å². The molecule has 1 aromatic carbocycles. The lowest BCUT2D eigenvalue weighted by Gasteiger charge is -2.27. The molecule has 18 heavy (non-hydrogen) atoms. The van der Waals surface area contributed by atoms with E-state index in [1.54, 1.807) is 0 Å². The third kappa shape index (κ3) is 4.00. The molecule has 0 saturated heterocycles. The highest BCUT2D eigenvalue weighted by molar-refractivity contribution is 5.35. The molecule has 0 heterocycles. The molecular formula is C15H25NO2. The average molecular weight is 251 g/mol. The quantitative estimate of drug-likeness (QED) is 0.782. The summed E-state index contributed by atoms with van der Waals surface area (Å²) in [5, 5.41) is 12.4. The van der Waals surface area contributed by atoms with Gasteiger partial charge in [0.1, 0.15) is 5.75 Å². The number of benzene rings is 1. The van der Waals surface area contributed by atoms with Crippen LogP contribution >= 0.6 is 0 Å². The number of nitrogens with one attached hydrogen (secondary N) is 1. The molecule has 1 rings (SSSR count). The van der Waals surface area contributed by atoms with Crippen molar-refractivity contribution in [2.24, 2.45) is 0 Å². The van der Waals surface area contributed by atoms with Crippen molar-refractivity contribution in [1.29, 1.82) is 0 Å². The van der Waals surface area contributed by atoms with Gasteiger partial charge in [-0.2, -0.15) is 0 Å². The fourth-order valence-corrected chi connectivity index (χ4v) is 1.76. The minimum atomic E-state index is -0.271. The average Bonchev–Trinajstić information content (AvgIpc) is 2.39. The van der Waals surface area contributed by atoms with Crippen molar-refractivity contribution >= 4 is 0 Å². The predicted molar refractivity (Wildman–Crippen MR) is 75.2 cm³/mol. The molecule has 0 aliphatic heterocycles. The Kier molecular flexibility index (Phi) is 5.63.